The smallest absolute Gasteiger partial charge is 0.269 e. The number of rotatable bonds is 1. The molecule has 64 valence electrons. The molecule has 1 aliphatic carbocycles. The Bertz CT molecular complexity index is 170. The quantitative estimate of drug-likeness (QED) is 0.560. The van der Waals surface area contributed by atoms with Crippen LogP contribution < -0.4 is 0 Å². The van der Waals surface area contributed by atoms with E-state index in [4.69, 9.17) is 10.2 Å². The van der Waals surface area contributed by atoms with E-state index in [2.05, 4.69) is 0 Å². The van der Waals surface area contributed by atoms with Crippen molar-refractivity contribution in [2.24, 2.45) is 0 Å². The molecule has 2 nitrogen and oxygen atoms in total. The van der Waals surface area contributed by atoms with Crippen LogP contribution in [-0.2, 0) is 0 Å². The summed E-state index contributed by atoms with van der Waals surface area (Å²) in [5.41, 5.74) is -2.23. The fourth-order valence-electron chi connectivity index (χ4n) is 1.07. The third-order valence-corrected chi connectivity index (χ3v) is 1.93. The molecule has 0 saturated heterocycles. The highest BCUT2D eigenvalue weighted by Gasteiger charge is 2.44. The van der Waals surface area contributed by atoms with E-state index in [1.165, 1.54) is 6.08 Å². The van der Waals surface area contributed by atoms with Gasteiger partial charge in [0, 0.05) is 6.42 Å². The molecule has 1 aliphatic rings. The van der Waals surface area contributed by atoms with Gasteiger partial charge in [0.25, 0.3) is 6.43 Å². The predicted molar refractivity (Wildman–Crippen MR) is 35.3 cm³/mol. The highest BCUT2D eigenvalue weighted by Crippen LogP contribution is 2.29. The highest BCUT2D eigenvalue weighted by molar-refractivity contribution is 5.04. The lowest BCUT2D eigenvalue weighted by atomic mass is 9.87. The zero-order valence-corrected chi connectivity index (χ0v) is 5.87. The molecule has 0 radical (unpaired) electrons. The van der Waals surface area contributed by atoms with Crippen molar-refractivity contribution in [3.8, 4) is 0 Å². The van der Waals surface area contributed by atoms with Crippen molar-refractivity contribution in [2.75, 3.05) is 0 Å². The molecular formula is C7H10F2O2. The topological polar surface area (TPSA) is 40.5 Å². The van der Waals surface area contributed by atoms with Gasteiger partial charge in [-0.15, -0.1) is 0 Å². The summed E-state index contributed by atoms with van der Waals surface area (Å²) in [4.78, 5) is 0. The highest BCUT2D eigenvalue weighted by atomic mass is 19.3. The van der Waals surface area contributed by atoms with Crippen molar-refractivity contribution in [2.45, 2.75) is 31.0 Å². The Morgan fingerprint density at radius 3 is 2.45 bits per heavy atom. The van der Waals surface area contributed by atoms with E-state index in [0.29, 0.717) is 0 Å². The first-order chi connectivity index (χ1) is 5.07. The van der Waals surface area contributed by atoms with Gasteiger partial charge in [-0.25, -0.2) is 8.78 Å². The molecule has 2 atom stereocenters. The maximum atomic E-state index is 12.1. The van der Waals surface area contributed by atoms with Crippen LogP contribution in [0.25, 0.3) is 0 Å². The molecule has 0 aromatic heterocycles. The van der Waals surface area contributed by atoms with Crippen molar-refractivity contribution in [3.05, 3.63) is 12.2 Å². The third-order valence-electron chi connectivity index (χ3n) is 1.93. The molecule has 0 bridgehead atoms. The van der Waals surface area contributed by atoms with Crippen LogP contribution in [0.5, 0.6) is 0 Å². The lowest BCUT2D eigenvalue weighted by Crippen LogP contribution is -2.49. The van der Waals surface area contributed by atoms with Gasteiger partial charge in [-0.2, -0.15) is 0 Å². The van der Waals surface area contributed by atoms with Crippen molar-refractivity contribution in [1.29, 1.82) is 0 Å². The lowest BCUT2D eigenvalue weighted by molar-refractivity contribution is -0.161. The summed E-state index contributed by atoms with van der Waals surface area (Å²) in [5.74, 6) is 0. The summed E-state index contributed by atoms with van der Waals surface area (Å²) in [6, 6.07) is 0. The Morgan fingerprint density at radius 2 is 2.09 bits per heavy atom. The van der Waals surface area contributed by atoms with Crippen molar-refractivity contribution >= 4 is 0 Å². The minimum Gasteiger partial charge on any atom is -0.390 e. The normalized spacial score (nSPS) is 38.1. The van der Waals surface area contributed by atoms with Crippen LogP contribution in [0.4, 0.5) is 8.78 Å². The molecule has 2 unspecified atom stereocenters. The van der Waals surface area contributed by atoms with E-state index in [0.717, 1.165) is 0 Å². The first kappa shape index (κ1) is 8.62. The van der Waals surface area contributed by atoms with E-state index >= 15 is 0 Å². The van der Waals surface area contributed by atoms with Crippen molar-refractivity contribution in [1.82, 2.24) is 0 Å². The maximum Gasteiger partial charge on any atom is 0.269 e. The first-order valence-corrected chi connectivity index (χ1v) is 3.41. The van der Waals surface area contributed by atoms with Crippen molar-refractivity contribution in [3.63, 3.8) is 0 Å². The van der Waals surface area contributed by atoms with Gasteiger partial charge in [-0.1, -0.05) is 12.2 Å². The summed E-state index contributed by atoms with van der Waals surface area (Å²) >= 11 is 0. The van der Waals surface area contributed by atoms with Gasteiger partial charge < -0.3 is 10.2 Å². The average Bonchev–Trinajstić information content (AvgIpc) is 1.95. The minimum absolute atomic E-state index is 0.0981. The number of alkyl halides is 2. The van der Waals surface area contributed by atoms with Gasteiger partial charge in [-0.3, -0.25) is 0 Å². The zero-order chi connectivity index (χ0) is 8.48. The molecule has 0 aliphatic heterocycles. The van der Waals surface area contributed by atoms with E-state index in [1.807, 2.05) is 0 Å². The molecule has 0 aromatic carbocycles. The molecule has 0 heterocycles. The molecule has 1 rings (SSSR count). The molecule has 0 aromatic rings. The van der Waals surface area contributed by atoms with E-state index in [-0.39, 0.29) is 12.8 Å². The van der Waals surface area contributed by atoms with Gasteiger partial charge in [0.05, 0.1) is 6.10 Å². The van der Waals surface area contributed by atoms with Crippen LogP contribution >= 0.6 is 0 Å². The Hall–Kier alpha value is -0.480. The monoisotopic (exact) mass is 164 g/mol. The second-order valence-electron chi connectivity index (χ2n) is 2.72. The van der Waals surface area contributed by atoms with Crippen LogP contribution in [0, 0.1) is 0 Å². The van der Waals surface area contributed by atoms with Crippen molar-refractivity contribution < 1.29 is 19.0 Å². The number of aliphatic hydroxyl groups excluding tert-OH is 1. The number of hydrogen-bond donors (Lipinski definition) is 2. The maximum absolute atomic E-state index is 12.1. The van der Waals surface area contributed by atoms with E-state index in [1.54, 1.807) is 6.08 Å². The molecule has 11 heavy (non-hydrogen) atoms. The largest absolute Gasteiger partial charge is 0.390 e. The standard InChI is InChI=1S/C7H10F2O2/c8-6(9)7(11)4-2-1-3-5(7)10/h1-2,5-6,10-11H,3-4H2. The Morgan fingerprint density at radius 1 is 1.45 bits per heavy atom. The fourth-order valence-corrected chi connectivity index (χ4v) is 1.07. The molecule has 0 spiro atoms. The second kappa shape index (κ2) is 2.87. The molecule has 0 saturated carbocycles. The van der Waals surface area contributed by atoms with E-state index in [9.17, 15) is 8.78 Å². The van der Waals surface area contributed by atoms with Crippen LogP contribution in [0.2, 0.25) is 0 Å². The zero-order valence-electron chi connectivity index (χ0n) is 5.87. The minimum atomic E-state index is -2.89. The number of halogens is 2. The van der Waals surface area contributed by atoms with Gasteiger partial charge in [0.1, 0.15) is 0 Å². The van der Waals surface area contributed by atoms with Crippen LogP contribution in [0.3, 0.4) is 0 Å². The van der Waals surface area contributed by atoms with Gasteiger partial charge in [0.2, 0.25) is 0 Å². The van der Waals surface area contributed by atoms with E-state index < -0.39 is 18.1 Å². The molecule has 2 N–H and O–H groups in total. The van der Waals surface area contributed by atoms with Crippen LogP contribution in [0.1, 0.15) is 12.8 Å². The SMILES string of the molecule is OC1CC=CCC1(O)C(F)F. The van der Waals surface area contributed by atoms with Crippen LogP contribution in [-0.4, -0.2) is 28.3 Å². The first-order valence-electron chi connectivity index (χ1n) is 3.41. The second-order valence-corrected chi connectivity index (χ2v) is 2.72. The molecule has 4 heteroatoms. The molecule has 0 fully saturated rings. The third kappa shape index (κ3) is 1.41. The van der Waals surface area contributed by atoms with Crippen LogP contribution in [0.15, 0.2) is 12.2 Å². The number of hydrogen-bond acceptors (Lipinski definition) is 2. The van der Waals surface area contributed by atoms with Gasteiger partial charge >= 0.3 is 0 Å². The van der Waals surface area contributed by atoms with Gasteiger partial charge in [0.15, 0.2) is 5.60 Å². The Kier molecular flexibility index (Phi) is 2.25. The summed E-state index contributed by atoms with van der Waals surface area (Å²) in [6.07, 6.45) is -1.26. The summed E-state index contributed by atoms with van der Waals surface area (Å²) in [7, 11) is 0. The Labute approximate surface area is 63.2 Å². The Balaban J connectivity index is 2.75. The average molecular weight is 164 g/mol. The predicted octanol–water partition coefficient (Wildman–Crippen LogP) is 0.694. The molecular weight excluding hydrogens is 154 g/mol. The number of aliphatic hydroxyl groups is 2. The lowest BCUT2D eigenvalue weighted by Gasteiger charge is -2.33. The summed E-state index contributed by atoms with van der Waals surface area (Å²) < 4.78 is 24.2. The fraction of sp³-hybridized carbons (Fsp3) is 0.714. The van der Waals surface area contributed by atoms with Gasteiger partial charge in [-0.05, 0) is 6.42 Å². The summed E-state index contributed by atoms with van der Waals surface area (Å²) in [6.45, 7) is 0. The summed E-state index contributed by atoms with van der Waals surface area (Å²) in [5, 5.41) is 18.2. The molecule has 0 amide bonds.